The fourth-order valence-electron chi connectivity index (χ4n) is 2.08. The van der Waals surface area contributed by atoms with Gasteiger partial charge in [-0.05, 0) is 18.4 Å². The molecule has 1 rings (SSSR count). The minimum atomic E-state index is -1.27. The van der Waals surface area contributed by atoms with Gasteiger partial charge in [0, 0.05) is 6.54 Å². The highest BCUT2D eigenvalue weighted by Gasteiger charge is 2.19. The van der Waals surface area contributed by atoms with Crippen LogP contribution in [0.1, 0.15) is 18.4 Å². The number of hydrogen-bond donors (Lipinski definition) is 5. The SMILES string of the molecule is N/C(=N/[N+](=O)[O-])NCCC[C@H](NC(=O)CNC(=O)OCc1ccccc1)C(=O)O. The molecule has 13 nitrogen and oxygen atoms in total. The number of nitrogens with zero attached hydrogens (tertiary/aromatic N) is 2. The molecule has 13 heteroatoms. The van der Waals surface area contributed by atoms with Gasteiger partial charge in [-0.25, -0.2) is 19.7 Å². The Labute approximate surface area is 165 Å². The minimum absolute atomic E-state index is 0.0261. The number of amides is 2. The highest BCUT2D eigenvalue weighted by atomic mass is 16.7. The maximum absolute atomic E-state index is 11.8. The van der Waals surface area contributed by atoms with Crippen LogP contribution < -0.4 is 21.7 Å². The molecule has 0 radical (unpaired) electrons. The van der Waals surface area contributed by atoms with Crippen LogP contribution in [-0.2, 0) is 20.9 Å². The number of hydrazone groups is 1. The maximum Gasteiger partial charge on any atom is 0.407 e. The number of aliphatic carboxylic acids is 1. The molecule has 0 saturated carbocycles. The Morgan fingerprint density at radius 2 is 1.93 bits per heavy atom. The summed E-state index contributed by atoms with van der Waals surface area (Å²) in [5, 5.41) is 28.0. The van der Waals surface area contributed by atoms with E-state index in [-0.39, 0.29) is 26.0 Å². The zero-order chi connectivity index (χ0) is 21.6. The third-order valence-corrected chi connectivity index (χ3v) is 3.40. The summed E-state index contributed by atoms with van der Waals surface area (Å²) in [6.45, 7) is -0.313. The number of carbonyl (C=O) groups excluding carboxylic acids is 2. The van der Waals surface area contributed by atoms with Crippen molar-refractivity contribution in [1.82, 2.24) is 16.0 Å². The Bertz CT molecular complexity index is 741. The molecule has 1 aromatic carbocycles. The molecule has 0 aliphatic rings. The summed E-state index contributed by atoms with van der Waals surface area (Å²) in [5.41, 5.74) is 5.99. The van der Waals surface area contributed by atoms with Gasteiger partial charge in [-0.15, -0.1) is 0 Å². The van der Waals surface area contributed by atoms with Crippen molar-refractivity contribution in [2.45, 2.75) is 25.5 Å². The highest BCUT2D eigenvalue weighted by molar-refractivity contribution is 5.86. The molecule has 0 heterocycles. The van der Waals surface area contributed by atoms with Crippen LogP contribution in [0.25, 0.3) is 0 Å². The number of rotatable bonds is 11. The van der Waals surface area contributed by atoms with Crippen LogP contribution in [0.2, 0.25) is 0 Å². The smallest absolute Gasteiger partial charge is 0.407 e. The highest BCUT2D eigenvalue weighted by Crippen LogP contribution is 2.00. The number of nitrogens with two attached hydrogens (primary N) is 1. The average Bonchev–Trinajstić information content (AvgIpc) is 2.67. The second-order valence-electron chi connectivity index (χ2n) is 5.67. The Kier molecular flexibility index (Phi) is 9.96. The molecular formula is C16H22N6O7. The van der Waals surface area contributed by atoms with Gasteiger partial charge in [0.2, 0.25) is 5.91 Å². The zero-order valence-corrected chi connectivity index (χ0v) is 15.4. The number of alkyl carbamates (subject to hydrolysis) is 1. The van der Waals surface area contributed by atoms with Crippen LogP contribution in [0.3, 0.4) is 0 Å². The third-order valence-electron chi connectivity index (χ3n) is 3.40. The van der Waals surface area contributed by atoms with Crippen LogP contribution in [0, 0.1) is 10.1 Å². The first-order valence-corrected chi connectivity index (χ1v) is 8.47. The molecule has 0 aliphatic carbocycles. The second-order valence-corrected chi connectivity index (χ2v) is 5.67. The molecule has 0 bridgehead atoms. The van der Waals surface area contributed by atoms with Gasteiger partial charge in [0.05, 0.1) is 0 Å². The van der Waals surface area contributed by atoms with Crippen LogP contribution in [-0.4, -0.2) is 53.2 Å². The summed E-state index contributed by atoms with van der Waals surface area (Å²) in [6.07, 6.45) is -0.559. The minimum Gasteiger partial charge on any atom is -0.480 e. The number of nitro groups is 1. The van der Waals surface area contributed by atoms with Gasteiger partial charge >= 0.3 is 12.1 Å². The van der Waals surface area contributed by atoms with E-state index in [1.807, 2.05) is 6.07 Å². The van der Waals surface area contributed by atoms with E-state index in [0.29, 0.717) is 0 Å². The van der Waals surface area contributed by atoms with Gasteiger partial charge < -0.3 is 31.5 Å². The first kappa shape index (κ1) is 23.1. The van der Waals surface area contributed by atoms with Crippen molar-refractivity contribution in [2.75, 3.05) is 13.1 Å². The monoisotopic (exact) mass is 410 g/mol. The van der Waals surface area contributed by atoms with E-state index in [1.165, 1.54) is 0 Å². The average molecular weight is 410 g/mol. The predicted octanol–water partition coefficient (Wildman–Crippen LogP) is -0.642. The zero-order valence-electron chi connectivity index (χ0n) is 15.4. The van der Waals surface area contributed by atoms with Crippen molar-refractivity contribution in [3.63, 3.8) is 0 Å². The van der Waals surface area contributed by atoms with Crippen molar-refractivity contribution < 1.29 is 29.3 Å². The molecule has 0 unspecified atom stereocenters. The predicted molar refractivity (Wildman–Crippen MR) is 100 cm³/mol. The second kappa shape index (κ2) is 12.5. The van der Waals surface area contributed by atoms with E-state index >= 15 is 0 Å². The molecule has 1 aromatic rings. The largest absolute Gasteiger partial charge is 0.480 e. The molecule has 29 heavy (non-hydrogen) atoms. The maximum atomic E-state index is 11.8. The van der Waals surface area contributed by atoms with E-state index in [2.05, 4.69) is 21.1 Å². The number of ether oxygens (including phenoxy) is 1. The van der Waals surface area contributed by atoms with Crippen LogP contribution in [0.4, 0.5) is 4.79 Å². The molecule has 0 spiro atoms. The molecule has 0 saturated heterocycles. The van der Waals surface area contributed by atoms with Gasteiger partial charge in [0.15, 0.2) is 5.03 Å². The van der Waals surface area contributed by atoms with E-state index < -0.39 is 41.5 Å². The van der Waals surface area contributed by atoms with Crippen molar-refractivity contribution in [1.29, 1.82) is 0 Å². The molecule has 0 aliphatic heterocycles. The van der Waals surface area contributed by atoms with Crippen molar-refractivity contribution >= 4 is 23.9 Å². The lowest BCUT2D eigenvalue weighted by molar-refractivity contribution is -0.485. The Balaban J connectivity index is 2.30. The molecule has 2 amide bonds. The van der Waals surface area contributed by atoms with Crippen LogP contribution >= 0.6 is 0 Å². The quantitative estimate of drug-likeness (QED) is 0.103. The summed E-state index contributed by atoms with van der Waals surface area (Å²) < 4.78 is 4.93. The van der Waals surface area contributed by atoms with Gasteiger partial charge in [0.1, 0.15) is 24.3 Å². The molecule has 158 valence electrons. The number of nitrogens with one attached hydrogen (secondary N) is 3. The number of hydrogen-bond acceptors (Lipinski definition) is 6. The first-order valence-electron chi connectivity index (χ1n) is 8.47. The summed E-state index contributed by atoms with van der Waals surface area (Å²) >= 11 is 0. The van der Waals surface area contributed by atoms with Crippen molar-refractivity contribution in [3.05, 3.63) is 46.0 Å². The van der Waals surface area contributed by atoms with Gasteiger partial charge in [-0.2, -0.15) is 0 Å². The van der Waals surface area contributed by atoms with E-state index in [9.17, 15) is 24.5 Å². The van der Waals surface area contributed by atoms with Crippen LogP contribution in [0.5, 0.6) is 0 Å². The van der Waals surface area contributed by atoms with Crippen LogP contribution in [0.15, 0.2) is 35.4 Å². The molecule has 6 N–H and O–H groups in total. The molecular weight excluding hydrogens is 388 g/mol. The topological polar surface area (TPSA) is 198 Å². The van der Waals surface area contributed by atoms with Gasteiger partial charge in [-0.3, -0.25) is 4.79 Å². The number of carbonyl (C=O) groups is 3. The Hall–Kier alpha value is -3.90. The lowest BCUT2D eigenvalue weighted by Crippen LogP contribution is -2.46. The van der Waals surface area contributed by atoms with Gasteiger partial charge in [-0.1, -0.05) is 30.3 Å². The fraction of sp³-hybridized carbons (Fsp3) is 0.375. The molecule has 0 fully saturated rings. The first-order chi connectivity index (χ1) is 13.8. The summed E-state index contributed by atoms with van der Waals surface area (Å²) in [4.78, 5) is 44.7. The Morgan fingerprint density at radius 3 is 2.55 bits per heavy atom. The normalized spacial score (nSPS) is 11.8. The number of benzene rings is 1. The molecule has 1 atom stereocenters. The Morgan fingerprint density at radius 1 is 1.24 bits per heavy atom. The fourth-order valence-corrected chi connectivity index (χ4v) is 2.08. The number of carboxylic acid groups (broad SMARTS) is 1. The van der Waals surface area contributed by atoms with Gasteiger partial charge in [0.25, 0.3) is 5.96 Å². The lowest BCUT2D eigenvalue weighted by Gasteiger charge is -2.15. The number of guanidine groups is 1. The summed E-state index contributed by atoms with van der Waals surface area (Å²) in [6, 6.07) is 7.72. The standard InChI is InChI=1S/C16H22N6O7/c17-15(21-22(27)28)18-8-4-7-12(14(24)25)20-13(23)9-19-16(26)29-10-11-5-2-1-3-6-11/h1-3,5-6,12H,4,7-10H2,(H,19,26)(H,20,23)(H,24,25)(H3,17,18,21)/t12-/m0/s1. The van der Waals surface area contributed by atoms with E-state index in [1.54, 1.807) is 24.3 Å². The lowest BCUT2D eigenvalue weighted by atomic mass is 10.1. The van der Waals surface area contributed by atoms with Crippen molar-refractivity contribution in [3.8, 4) is 0 Å². The van der Waals surface area contributed by atoms with E-state index in [4.69, 9.17) is 15.6 Å². The third kappa shape index (κ3) is 10.7. The summed E-state index contributed by atoms with van der Waals surface area (Å²) in [5.74, 6) is -2.39. The van der Waals surface area contributed by atoms with Crippen molar-refractivity contribution in [2.24, 2.45) is 10.8 Å². The van der Waals surface area contributed by atoms with E-state index in [0.717, 1.165) is 5.56 Å². The number of carboxylic acids is 1. The molecule has 0 aromatic heterocycles. The summed E-state index contributed by atoms with van der Waals surface area (Å²) in [7, 11) is 0.